The molecule has 0 atom stereocenters. The van der Waals surface area contributed by atoms with Crippen molar-refractivity contribution in [2.45, 2.75) is 13.0 Å². The van der Waals surface area contributed by atoms with Crippen LogP contribution >= 0.6 is 0 Å². The minimum Gasteiger partial charge on any atom is -0.497 e. The molecule has 5 nitrogen and oxygen atoms in total. The monoisotopic (exact) mass is 341 g/mol. The van der Waals surface area contributed by atoms with Crippen molar-refractivity contribution in [1.82, 2.24) is 10.2 Å². The smallest absolute Gasteiger partial charge is 0.193 e. The first-order valence-electron chi connectivity index (χ1n) is 8.34. The van der Waals surface area contributed by atoms with Crippen LogP contribution in [0.3, 0.4) is 0 Å². The molecule has 0 bridgehead atoms. The summed E-state index contributed by atoms with van der Waals surface area (Å²) in [7, 11) is 7.20. The van der Waals surface area contributed by atoms with E-state index < -0.39 is 0 Å². The molecule has 0 radical (unpaired) electrons. The molecular formula is C20H27N3O2. The Hall–Kier alpha value is -2.69. The Morgan fingerprint density at radius 3 is 2.36 bits per heavy atom. The molecule has 1 N–H and O–H groups in total. The fourth-order valence-electron chi connectivity index (χ4n) is 2.61. The summed E-state index contributed by atoms with van der Waals surface area (Å²) in [6.45, 7) is 1.59. The van der Waals surface area contributed by atoms with Crippen LogP contribution in [-0.2, 0) is 13.0 Å². The van der Waals surface area contributed by atoms with Gasteiger partial charge in [0.2, 0.25) is 0 Å². The lowest BCUT2D eigenvalue weighted by atomic mass is 10.1. The summed E-state index contributed by atoms with van der Waals surface area (Å²) in [6.07, 6.45) is 0.909. The van der Waals surface area contributed by atoms with Gasteiger partial charge < -0.3 is 19.7 Å². The molecule has 0 heterocycles. The second-order valence-electron chi connectivity index (χ2n) is 5.78. The zero-order chi connectivity index (χ0) is 18.1. The number of hydrogen-bond donors (Lipinski definition) is 1. The van der Waals surface area contributed by atoms with Crippen LogP contribution < -0.4 is 14.8 Å². The van der Waals surface area contributed by atoms with E-state index in [1.807, 2.05) is 31.3 Å². The van der Waals surface area contributed by atoms with E-state index in [0.29, 0.717) is 0 Å². The second kappa shape index (κ2) is 9.57. The number of methoxy groups -OCH3 is 2. The number of aliphatic imine (C=N–C) groups is 1. The molecule has 2 aromatic rings. The van der Waals surface area contributed by atoms with Crippen molar-refractivity contribution in [3.05, 3.63) is 59.7 Å². The molecule has 0 saturated carbocycles. The zero-order valence-electron chi connectivity index (χ0n) is 15.5. The van der Waals surface area contributed by atoms with E-state index in [4.69, 9.17) is 9.47 Å². The summed E-state index contributed by atoms with van der Waals surface area (Å²) >= 11 is 0. The van der Waals surface area contributed by atoms with Crippen LogP contribution in [0, 0.1) is 0 Å². The van der Waals surface area contributed by atoms with E-state index in [0.717, 1.165) is 37.0 Å². The Morgan fingerprint density at radius 2 is 1.72 bits per heavy atom. The molecule has 0 saturated heterocycles. The van der Waals surface area contributed by atoms with Crippen LogP contribution in [0.25, 0.3) is 0 Å². The highest BCUT2D eigenvalue weighted by Crippen LogP contribution is 2.13. The normalized spacial score (nSPS) is 11.1. The van der Waals surface area contributed by atoms with Crippen LogP contribution in [-0.4, -0.2) is 45.7 Å². The summed E-state index contributed by atoms with van der Waals surface area (Å²) < 4.78 is 10.5. The largest absolute Gasteiger partial charge is 0.497 e. The van der Waals surface area contributed by atoms with Gasteiger partial charge in [0.1, 0.15) is 11.5 Å². The number of nitrogens with zero attached hydrogens (tertiary/aromatic N) is 2. The molecule has 0 fully saturated rings. The predicted molar refractivity (Wildman–Crippen MR) is 103 cm³/mol. The number of benzene rings is 2. The van der Waals surface area contributed by atoms with Gasteiger partial charge in [-0.15, -0.1) is 0 Å². The fraction of sp³-hybridized carbons (Fsp3) is 0.350. The summed E-state index contributed by atoms with van der Waals surface area (Å²) in [5, 5.41) is 3.41. The summed E-state index contributed by atoms with van der Waals surface area (Å²) in [6, 6.07) is 16.2. The highest BCUT2D eigenvalue weighted by atomic mass is 16.5. The van der Waals surface area contributed by atoms with E-state index >= 15 is 0 Å². The lowest BCUT2D eigenvalue weighted by Crippen LogP contribution is -2.39. The van der Waals surface area contributed by atoms with Gasteiger partial charge in [-0.05, 0) is 41.8 Å². The van der Waals surface area contributed by atoms with Gasteiger partial charge in [-0.2, -0.15) is 0 Å². The third kappa shape index (κ3) is 5.71. The van der Waals surface area contributed by atoms with Gasteiger partial charge in [0.05, 0.1) is 14.2 Å². The van der Waals surface area contributed by atoms with Crippen molar-refractivity contribution in [3.8, 4) is 11.5 Å². The van der Waals surface area contributed by atoms with Gasteiger partial charge in [0, 0.05) is 27.2 Å². The van der Waals surface area contributed by atoms with Crippen molar-refractivity contribution < 1.29 is 9.47 Å². The number of ether oxygens (including phenoxy) is 2. The maximum absolute atomic E-state index is 5.26. The topological polar surface area (TPSA) is 46.1 Å². The Kier molecular flexibility index (Phi) is 7.14. The predicted octanol–water partition coefficient (Wildman–Crippen LogP) is 2.95. The molecule has 0 aromatic heterocycles. The summed E-state index contributed by atoms with van der Waals surface area (Å²) in [5.41, 5.74) is 2.44. The van der Waals surface area contributed by atoms with Crippen LogP contribution in [0.15, 0.2) is 53.5 Å². The number of nitrogens with one attached hydrogen (secondary N) is 1. The molecule has 0 spiro atoms. The minimum atomic E-state index is 0.781. The number of guanidine groups is 1. The van der Waals surface area contributed by atoms with Gasteiger partial charge in [-0.3, -0.25) is 4.99 Å². The van der Waals surface area contributed by atoms with Crippen LogP contribution in [0.1, 0.15) is 11.1 Å². The van der Waals surface area contributed by atoms with E-state index in [2.05, 4.69) is 39.5 Å². The molecule has 5 heteroatoms. The van der Waals surface area contributed by atoms with E-state index in [1.165, 1.54) is 11.1 Å². The van der Waals surface area contributed by atoms with Crippen LogP contribution in [0.4, 0.5) is 0 Å². The lowest BCUT2D eigenvalue weighted by Gasteiger charge is -2.22. The summed E-state index contributed by atoms with van der Waals surface area (Å²) in [5.74, 6) is 2.63. The SMILES string of the molecule is CN=C(NCCc1cccc(OC)c1)N(C)Cc1ccc(OC)cc1. The van der Waals surface area contributed by atoms with E-state index in [9.17, 15) is 0 Å². The standard InChI is InChI=1S/C20H27N3O2/c1-21-20(22-13-12-16-6-5-7-19(14-16)25-4)23(2)15-17-8-10-18(24-3)11-9-17/h5-11,14H,12-13,15H2,1-4H3,(H,21,22). The Balaban J connectivity index is 1.85. The van der Waals surface area contributed by atoms with Crippen molar-refractivity contribution in [1.29, 1.82) is 0 Å². The highest BCUT2D eigenvalue weighted by molar-refractivity contribution is 5.79. The van der Waals surface area contributed by atoms with Gasteiger partial charge in [-0.25, -0.2) is 0 Å². The maximum atomic E-state index is 5.26. The lowest BCUT2D eigenvalue weighted by molar-refractivity contribution is 0.414. The molecule has 0 amide bonds. The zero-order valence-corrected chi connectivity index (χ0v) is 15.5. The Labute approximate surface area is 150 Å². The van der Waals surface area contributed by atoms with E-state index in [1.54, 1.807) is 21.3 Å². The average Bonchev–Trinajstić information content (AvgIpc) is 2.66. The fourth-order valence-corrected chi connectivity index (χ4v) is 2.61. The highest BCUT2D eigenvalue weighted by Gasteiger charge is 2.07. The molecule has 2 rings (SSSR count). The molecule has 2 aromatic carbocycles. The quantitative estimate of drug-likeness (QED) is 0.621. The first-order chi connectivity index (χ1) is 12.2. The number of rotatable bonds is 7. The van der Waals surface area contributed by atoms with Crippen molar-refractivity contribution >= 4 is 5.96 Å². The summed E-state index contributed by atoms with van der Waals surface area (Å²) in [4.78, 5) is 6.47. The molecule has 0 aliphatic rings. The molecular weight excluding hydrogens is 314 g/mol. The van der Waals surface area contributed by atoms with Gasteiger partial charge >= 0.3 is 0 Å². The van der Waals surface area contributed by atoms with Gasteiger partial charge in [-0.1, -0.05) is 24.3 Å². The Bertz CT molecular complexity index is 684. The first kappa shape index (κ1) is 18.6. The number of hydrogen-bond acceptors (Lipinski definition) is 3. The molecule has 0 aliphatic heterocycles. The van der Waals surface area contributed by atoms with Crippen molar-refractivity contribution in [2.24, 2.45) is 4.99 Å². The average molecular weight is 341 g/mol. The molecule has 25 heavy (non-hydrogen) atoms. The Morgan fingerprint density at radius 1 is 1.00 bits per heavy atom. The first-order valence-corrected chi connectivity index (χ1v) is 8.34. The maximum Gasteiger partial charge on any atom is 0.193 e. The van der Waals surface area contributed by atoms with Gasteiger partial charge in [0.15, 0.2) is 5.96 Å². The van der Waals surface area contributed by atoms with Crippen molar-refractivity contribution in [3.63, 3.8) is 0 Å². The third-order valence-electron chi connectivity index (χ3n) is 3.98. The van der Waals surface area contributed by atoms with Crippen LogP contribution in [0.5, 0.6) is 11.5 Å². The minimum absolute atomic E-state index is 0.781. The van der Waals surface area contributed by atoms with Gasteiger partial charge in [0.25, 0.3) is 0 Å². The molecule has 134 valence electrons. The molecule has 0 aliphatic carbocycles. The van der Waals surface area contributed by atoms with E-state index in [-0.39, 0.29) is 0 Å². The second-order valence-corrected chi connectivity index (χ2v) is 5.78. The molecule has 0 unspecified atom stereocenters. The van der Waals surface area contributed by atoms with Crippen molar-refractivity contribution in [2.75, 3.05) is 34.9 Å². The third-order valence-corrected chi connectivity index (χ3v) is 3.98. The van der Waals surface area contributed by atoms with Crippen LogP contribution in [0.2, 0.25) is 0 Å².